The monoisotopic (exact) mass is 242 g/mol. The Kier molecular flexibility index (Phi) is 3.05. The molecule has 2 aromatic carbocycles. The van der Waals surface area contributed by atoms with E-state index < -0.39 is 0 Å². The summed E-state index contributed by atoms with van der Waals surface area (Å²) in [6.45, 7) is 0. The van der Waals surface area contributed by atoms with Crippen molar-refractivity contribution in [1.82, 2.24) is 0 Å². The molecule has 2 rings (SSSR count). The largest absolute Gasteiger partial charge is 0.399 e. The first kappa shape index (κ1) is 11.8. The summed E-state index contributed by atoms with van der Waals surface area (Å²) >= 11 is 0. The fourth-order valence-corrected chi connectivity index (χ4v) is 1.52. The van der Waals surface area contributed by atoms with Crippen molar-refractivity contribution in [2.45, 2.75) is 0 Å². The summed E-state index contributed by atoms with van der Waals surface area (Å²) in [5.74, 6) is -0.257. The van der Waals surface area contributed by atoms with Crippen molar-refractivity contribution in [2.75, 3.05) is 22.5 Å². The molecule has 0 radical (unpaired) electrons. The second kappa shape index (κ2) is 4.67. The van der Waals surface area contributed by atoms with Crippen LogP contribution in [0.1, 0.15) is 10.4 Å². The first-order valence-electron chi connectivity index (χ1n) is 5.39. The molecule has 0 aliphatic carbocycles. The number of benzene rings is 2. The van der Waals surface area contributed by atoms with Gasteiger partial charge in [-0.3, -0.25) is 4.79 Å². The maximum Gasteiger partial charge on any atom is 0.255 e. The molecular formula is C13H14N4O. The lowest BCUT2D eigenvalue weighted by Crippen LogP contribution is -2.13. The summed E-state index contributed by atoms with van der Waals surface area (Å²) in [7, 11) is 0. The Labute approximate surface area is 105 Å². The quantitative estimate of drug-likeness (QED) is 0.601. The molecule has 0 unspecified atom stereocenters. The number of para-hydroxylation sites is 1. The lowest BCUT2D eigenvalue weighted by atomic mass is 10.2. The third-order valence-corrected chi connectivity index (χ3v) is 2.56. The van der Waals surface area contributed by atoms with Gasteiger partial charge in [0.2, 0.25) is 0 Å². The molecule has 0 aromatic heterocycles. The number of rotatable bonds is 2. The molecule has 5 nitrogen and oxygen atoms in total. The Balaban J connectivity index is 2.21. The van der Waals surface area contributed by atoms with Crippen molar-refractivity contribution >= 4 is 28.7 Å². The van der Waals surface area contributed by atoms with Crippen LogP contribution < -0.4 is 22.5 Å². The fraction of sp³-hybridized carbons (Fsp3) is 0. The highest BCUT2D eigenvalue weighted by atomic mass is 16.1. The topological polar surface area (TPSA) is 107 Å². The van der Waals surface area contributed by atoms with Gasteiger partial charge >= 0.3 is 0 Å². The smallest absolute Gasteiger partial charge is 0.255 e. The van der Waals surface area contributed by atoms with Crippen LogP contribution in [0.4, 0.5) is 22.7 Å². The predicted molar refractivity (Wildman–Crippen MR) is 74.1 cm³/mol. The van der Waals surface area contributed by atoms with E-state index in [1.807, 2.05) is 0 Å². The zero-order valence-electron chi connectivity index (χ0n) is 9.68. The summed E-state index contributed by atoms with van der Waals surface area (Å²) in [5.41, 5.74) is 19.4. The maximum absolute atomic E-state index is 11.9. The van der Waals surface area contributed by atoms with E-state index in [0.717, 1.165) is 0 Å². The predicted octanol–water partition coefficient (Wildman–Crippen LogP) is 1.69. The molecule has 18 heavy (non-hydrogen) atoms. The maximum atomic E-state index is 11.9. The van der Waals surface area contributed by atoms with Crippen LogP contribution in [0.2, 0.25) is 0 Å². The number of nitrogen functional groups attached to an aromatic ring is 3. The first-order valence-corrected chi connectivity index (χ1v) is 5.39. The van der Waals surface area contributed by atoms with Crippen LogP contribution in [0.5, 0.6) is 0 Å². The van der Waals surface area contributed by atoms with Crippen molar-refractivity contribution in [3.63, 3.8) is 0 Å². The van der Waals surface area contributed by atoms with E-state index in [1.165, 1.54) is 0 Å². The van der Waals surface area contributed by atoms with Crippen LogP contribution in [-0.2, 0) is 0 Å². The molecule has 0 bridgehead atoms. The molecule has 0 saturated carbocycles. The summed E-state index contributed by atoms with van der Waals surface area (Å²) in [5, 5.41) is 2.70. The van der Waals surface area contributed by atoms with E-state index in [9.17, 15) is 4.79 Å². The molecule has 0 aliphatic rings. The standard InChI is InChI=1S/C13H14N4O/c14-9-6-4-8(5-7-9)13(18)17-11-3-1-2-10(15)12(11)16/h1-7H,14-16H2,(H,17,18). The Morgan fingerprint density at radius 3 is 2.28 bits per heavy atom. The van der Waals surface area contributed by atoms with E-state index in [-0.39, 0.29) is 5.91 Å². The van der Waals surface area contributed by atoms with Gasteiger partial charge in [0.15, 0.2) is 0 Å². The van der Waals surface area contributed by atoms with Crippen LogP contribution >= 0.6 is 0 Å². The summed E-state index contributed by atoms with van der Waals surface area (Å²) in [6.07, 6.45) is 0. The Bertz CT molecular complexity index is 578. The van der Waals surface area contributed by atoms with Gasteiger partial charge < -0.3 is 22.5 Å². The Morgan fingerprint density at radius 2 is 1.61 bits per heavy atom. The summed E-state index contributed by atoms with van der Waals surface area (Å²) < 4.78 is 0. The number of nitrogens with two attached hydrogens (primary N) is 3. The third-order valence-electron chi connectivity index (χ3n) is 2.56. The van der Waals surface area contributed by atoms with E-state index in [4.69, 9.17) is 17.2 Å². The number of hydrogen-bond donors (Lipinski definition) is 4. The second-order valence-corrected chi connectivity index (χ2v) is 3.88. The van der Waals surface area contributed by atoms with Crippen LogP contribution in [0.15, 0.2) is 42.5 Å². The van der Waals surface area contributed by atoms with Crippen molar-refractivity contribution < 1.29 is 4.79 Å². The fourth-order valence-electron chi connectivity index (χ4n) is 1.52. The minimum Gasteiger partial charge on any atom is -0.399 e. The molecule has 0 saturated heterocycles. The zero-order chi connectivity index (χ0) is 13.1. The van der Waals surface area contributed by atoms with Crippen LogP contribution in [0, 0.1) is 0 Å². The number of amides is 1. The van der Waals surface area contributed by atoms with Gasteiger partial charge in [0.1, 0.15) is 0 Å². The van der Waals surface area contributed by atoms with Crippen LogP contribution in [0.3, 0.4) is 0 Å². The van der Waals surface area contributed by atoms with Crippen molar-refractivity contribution in [3.05, 3.63) is 48.0 Å². The molecule has 1 amide bonds. The van der Waals surface area contributed by atoms with Gasteiger partial charge in [-0.15, -0.1) is 0 Å². The SMILES string of the molecule is Nc1ccc(C(=O)Nc2cccc(N)c2N)cc1. The lowest BCUT2D eigenvalue weighted by molar-refractivity contribution is 0.102. The van der Waals surface area contributed by atoms with Gasteiger partial charge in [0.05, 0.1) is 17.1 Å². The van der Waals surface area contributed by atoms with Crippen LogP contribution in [0.25, 0.3) is 0 Å². The summed E-state index contributed by atoms with van der Waals surface area (Å²) in [4.78, 5) is 11.9. The van der Waals surface area contributed by atoms with Crippen molar-refractivity contribution in [2.24, 2.45) is 0 Å². The van der Waals surface area contributed by atoms with Gasteiger partial charge in [-0.05, 0) is 36.4 Å². The first-order chi connectivity index (χ1) is 8.58. The van der Waals surface area contributed by atoms with Gasteiger partial charge in [-0.2, -0.15) is 0 Å². The number of nitrogens with one attached hydrogen (secondary N) is 1. The second-order valence-electron chi connectivity index (χ2n) is 3.88. The molecule has 0 fully saturated rings. The van der Waals surface area contributed by atoms with Gasteiger partial charge in [0, 0.05) is 11.3 Å². The van der Waals surface area contributed by atoms with Gasteiger partial charge in [0.25, 0.3) is 5.91 Å². The highest BCUT2D eigenvalue weighted by molar-refractivity contribution is 6.06. The number of anilines is 4. The van der Waals surface area contributed by atoms with E-state index in [2.05, 4.69) is 5.32 Å². The molecule has 0 spiro atoms. The molecule has 5 heteroatoms. The third kappa shape index (κ3) is 2.35. The molecule has 0 aliphatic heterocycles. The molecule has 0 atom stereocenters. The average molecular weight is 242 g/mol. The zero-order valence-corrected chi connectivity index (χ0v) is 9.68. The highest BCUT2D eigenvalue weighted by Gasteiger charge is 2.08. The average Bonchev–Trinajstić information content (AvgIpc) is 2.36. The van der Waals surface area contributed by atoms with E-state index in [0.29, 0.717) is 28.3 Å². The van der Waals surface area contributed by atoms with Crippen LogP contribution in [-0.4, -0.2) is 5.91 Å². The Hall–Kier alpha value is -2.69. The highest BCUT2D eigenvalue weighted by Crippen LogP contribution is 2.24. The minimum absolute atomic E-state index is 0.257. The van der Waals surface area contributed by atoms with Gasteiger partial charge in [-0.1, -0.05) is 6.07 Å². The summed E-state index contributed by atoms with van der Waals surface area (Å²) in [6, 6.07) is 11.7. The lowest BCUT2D eigenvalue weighted by Gasteiger charge is -2.09. The molecule has 7 N–H and O–H groups in total. The number of carbonyl (C=O) groups is 1. The minimum atomic E-state index is -0.257. The Morgan fingerprint density at radius 1 is 0.944 bits per heavy atom. The van der Waals surface area contributed by atoms with E-state index in [1.54, 1.807) is 42.5 Å². The normalized spacial score (nSPS) is 10.0. The number of carbonyl (C=O) groups excluding carboxylic acids is 1. The molecule has 2 aromatic rings. The van der Waals surface area contributed by atoms with Crippen molar-refractivity contribution in [1.29, 1.82) is 0 Å². The van der Waals surface area contributed by atoms with Crippen molar-refractivity contribution in [3.8, 4) is 0 Å². The molecular weight excluding hydrogens is 228 g/mol. The molecule has 0 heterocycles. The van der Waals surface area contributed by atoms with Gasteiger partial charge in [-0.25, -0.2) is 0 Å². The molecule has 92 valence electrons. The number of hydrogen-bond acceptors (Lipinski definition) is 4. The van der Waals surface area contributed by atoms with E-state index >= 15 is 0 Å².